The number of halogens is 2. The highest BCUT2D eigenvalue weighted by molar-refractivity contribution is 5.69. The molecule has 0 aliphatic heterocycles. The van der Waals surface area contributed by atoms with Crippen LogP contribution in [-0.4, -0.2) is 9.97 Å². The number of nitrogens with one attached hydrogen (secondary N) is 1. The van der Waals surface area contributed by atoms with Gasteiger partial charge in [-0.1, -0.05) is 6.08 Å². The molecule has 0 bridgehead atoms. The van der Waals surface area contributed by atoms with Crippen LogP contribution in [0.1, 0.15) is 24.1 Å². The number of benzene rings is 1. The molecule has 0 radical (unpaired) electrons. The Morgan fingerprint density at radius 1 is 1.32 bits per heavy atom. The van der Waals surface area contributed by atoms with Crippen LogP contribution in [0.15, 0.2) is 36.8 Å². The van der Waals surface area contributed by atoms with Gasteiger partial charge in [-0.05, 0) is 42.9 Å². The van der Waals surface area contributed by atoms with Crippen molar-refractivity contribution in [3.05, 3.63) is 59.7 Å². The maximum absolute atomic E-state index is 13.9. The molecule has 1 N–H and O–H groups in total. The second-order valence-corrected chi connectivity index (χ2v) is 4.82. The van der Waals surface area contributed by atoms with Crippen LogP contribution >= 0.6 is 0 Å². The standard InChI is InChI=1S/C15H14F2N2/c16-11-4-5-14(15(17)7-11)13-3-1-2-10(13)6-12-8-18-9-19-12/h3-5,7-10H,1-2,6H2,(H,18,19). The van der Waals surface area contributed by atoms with Gasteiger partial charge < -0.3 is 4.98 Å². The van der Waals surface area contributed by atoms with Gasteiger partial charge in [-0.25, -0.2) is 13.8 Å². The number of imidazole rings is 1. The number of aromatic nitrogens is 2. The van der Waals surface area contributed by atoms with E-state index in [0.29, 0.717) is 5.56 Å². The van der Waals surface area contributed by atoms with Gasteiger partial charge in [0.1, 0.15) is 11.6 Å². The highest BCUT2D eigenvalue weighted by Crippen LogP contribution is 2.36. The SMILES string of the molecule is Fc1ccc(C2=CCCC2Cc2c[nH]cn2)c(F)c1. The second-order valence-electron chi connectivity index (χ2n) is 4.82. The van der Waals surface area contributed by atoms with E-state index in [-0.39, 0.29) is 5.92 Å². The summed E-state index contributed by atoms with van der Waals surface area (Å²) in [5.41, 5.74) is 2.46. The van der Waals surface area contributed by atoms with Crippen molar-refractivity contribution in [2.45, 2.75) is 19.3 Å². The maximum Gasteiger partial charge on any atom is 0.133 e. The van der Waals surface area contributed by atoms with Crippen molar-refractivity contribution < 1.29 is 8.78 Å². The molecular formula is C15H14F2N2. The average molecular weight is 260 g/mol. The van der Waals surface area contributed by atoms with Crippen LogP contribution in [0.25, 0.3) is 5.57 Å². The first kappa shape index (κ1) is 12.1. The minimum absolute atomic E-state index is 0.253. The smallest absolute Gasteiger partial charge is 0.133 e. The van der Waals surface area contributed by atoms with Crippen LogP contribution < -0.4 is 0 Å². The number of allylic oxidation sites excluding steroid dienone is 2. The molecule has 0 spiro atoms. The van der Waals surface area contributed by atoms with Crippen molar-refractivity contribution >= 4 is 5.57 Å². The lowest BCUT2D eigenvalue weighted by Gasteiger charge is -2.14. The maximum atomic E-state index is 13.9. The van der Waals surface area contributed by atoms with Gasteiger partial charge in [0, 0.05) is 17.8 Å². The minimum Gasteiger partial charge on any atom is -0.351 e. The van der Waals surface area contributed by atoms with Crippen LogP contribution in [-0.2, 0) is 6.42 Å². The van der Waals surface area contributed by atoms with Gasteiger partial charge in [-0.15, -0.1) is 0 Å². The number of aromatic amines is 1. The predicted octanol–water partition coefficient (Wildman–Crippen LogP) is 3.72. The molecule has 19 heavy (non-hydrogen) atoms. The van der Waals surface area contributed by atoms with Gasteiger partial charge in [-0.2, -0.15) is 0 Å². The molecule has 1 aliphatic carbocycles. The average Bonchev–Trinajstić information content (AvgIpc) is 3.02. The molecule has 4 heteroatoms. The van der Waals surface area contributed by atoms with E-state index >= 15 is 0 Å². The molecule has 1 aliphatic rings. The van der Waals surface area contributed by atoms with E-state index in [9.17, 15) is 8.78 Å². The molecule has 1 atom stereocenters. The summed E-state index contributed by atoms with van der Waals surface area (Å²) < 4.78 is 26.8. The summed E-state index contributed by atoms with van der Waals surface area (Å²) in [7, 11) is 0. The van der Waals surface area contributed by atoms with Crippen molar-refractivity contribution in [3.63, 3.8) is 0 Å². The zero-order valence-corrected chi connectivity index (χ0v) is 10.4. The van der Waals surface area contributed by atoms with Gasteiger partial charge in [0.05, 0.1) is 12.0 Å². The Morgan fingerprint density at radius 2 is 2.21 bits per heavy atom. The summed E-state index contributed by atoms with van der Waals surface area (Å²) in [6, 6.07) is 3.78. The van der Waals surface area contributed by atoms with Crippen LogP contribution in [0.4, 0.5) is 8.78 Å². The fourth-order valence-electron chi connectivity index (χ4n) is 2.68. The van der Waals surface area contributed by atoms with Crippen molar-refractivity contribution in [3.8, 4) is 0 Å². The molecule has 0 saturated carbocycles. The van der Waals surface area contributed by atoms with E-state index in [1.54, 1.807) is 6.33 Å². The van der Waals surface area contributed by atoms with Crippen LogP contribution in [0, 0.1) is 17.6 Å². The minimum atomic E-state index is -0.538. The Bertz CT molecular complexity index is 603. The van der Waals surface area contributed by atoms with Crippen molar-refractivity contribution in [1.29, 1.82) is 0 Å². The number of nitrogens with zero attached hydrogens (tertiary/aromatic N) is 1. The van der Waals surface area contributed by atoms with Crippen molar-refractivity contribution in [2.75, 3.05) is 0 Å². The molecule has 1 heterocycles. The Labute approximate surface area is 110 Å². The highest BCUT2D eigenvalue weighted by Gasteiger charge is 2.23. The summed E-state index contributed by atoms with van der Waals surface area (Å²) in [4.78, 5) is 7.13. The third-order valence-corrected chi connectivity index (χ3v) is 3.57. The fourth-order valence-corrected chi connectivity index (χ4v) is 2.68. The van der Waals surface area contributed by atoms with Crippen LogP contribution in [0.3, 0.4) is 0 Å². The first-order valence-electron chi connectivity index (χ1n) is 6.37. The van der Waals surface area contributed by atoms with Gasteiger partial charge in [0.2, 0.25) is 0 Å². The third-order valence-electron chi connectivity index (χ3n) is 3.57. The lowest BCUT2D eigenvalue weighted by Crippen LogP contribution is -2.05. The quantitative estimate of drug-likeness (QED) is 0.895. The topological polar surface area (TPSA) is 28.7 Å². The van der Waals surface area contributed by atoms with Crippen LogP contribution in [0.2, 0.25) is 0 Å². The van der Waals surface area contributed by atoms with E-state index in [1.807, 2.05) is 12.3 Å². The molecule has 2 nitrogen and oxygen atoms in total. The zero-order chi connectivity index (χ0) is 13.2. The van der Waals surface area contributed by atoms with Gasteiger partial charge >= 0.3 is 0 Å². The highest BCUT2D eigenvalue weighted by atomic mass is 19.1. The molecule has 2 aromatic rings. The Hall–Kier alpha value is -1.97. The largest absolute Gasteiger partial charge is 0.351 e. The molecule has 3 rings (SSSR count). The predicted molar refractivity (Wildman–Crippen MR) is 69.4 cm³/mol. The van der Waals surface area contributed by atoms with E-state index in [0.717, 1.165) is 36.6 Å². The Morgan fingerprint density at radius 3 is 2.95 bits per heavy atom. The third kappa shape index (κ3) is 2.43. The van der Waals surface area contributed by atoms with E-state index in [2.05, 4.69) is 9.97 Å². The normalized spacial score (nSPS) is 18.6. The van der Waals surface area contributed by atoms with E-state index in [4.69, 9.17) is 0 Å². The Balaban J connectivity index is 1.86. The number of hydrogen-bond donors (Lipinski definition) is 1. The molecule has 0 amide bonds. The summed E-state index contributed by atoms with van der Waals surface area (Å²) in [5, 5.41) is 0. The molecular weight excluding hydrogens is 246 g/mol. The van der Waals surface area contributed by atoms with Gasteiger partial charge in [0.25, 0.3) is 0 Å². The summed E-state index contributed by atoms with van der Waals surface area (Å²) in [6.07, 6.45) is 8.25. The fraction of sp³-hybridized carbons (Fsp3) is 0.267. The Kier molecular flexibility index (Phi) is 3.15. The first-order valence-corrected chi connectivity index (χ1v) is 6.37. The lowest BCUT2D eigenvalue weighted by atomic mass is 9.91. The second kappa shape index (κ2) is 4.96. The lowest BCUT2D eigenvalue weighted by molar-refractivity contribution is 0.575. The van der Waals surface area contributed by atoms with E-state index in [1.165, 1.54) is 12.1 Å². The monoisotopic (exact) mass is 260 g/mol. The first-order chi connectivity index (χ1) is 9.24. The van der Waals surface area contributed by atoms with Crippen molar-refractivity contribution in [1.82, 2.24) is 9.97 Å². The molecule has 98 valence electrons. The summed E-state index contributed by atoms with van der Waals surface area (Å²) >= 11 is 0. The van der Waals surface area contributed by atoms with Crippen LogP contribution in [0.5, 0.6) is 0 Å². The van der Waals surface area contributed by atoms with Gasteiger partial charge in [-0.3, -0.25) is 0 Å². The van der Waals surface area contributed by atoms with Gasteiger partial charge in [0.15, 0.2) is 0 Å². The van der Waals surface area contributed by atoms with E-state index < -0.39 is 11.6 Å². The van der Waals surface area contributed by atoms with Crippen molar-refractivity contribution in [2.24, 2.45) is 5.92 Å². The number of hydrogen-bond acceptors (Lipinski definition) is 1. The molecule has 1 unspecified atom stereocenters. The molecule has 0 saturated heterocycles. The molecule has 1 aromatic carbocycles. The summed E-state index contributed by atoms with van der Waals surface area (Å²) in [5.74, 6) is -0.771. The molecule has 0 fully saturated rings. The number of rotatable bonds is 3. The number of H-pyrrole nitrogens is 1. The molecule has 1 aromatic heterocycles. The zero-order valence-electron chi connectivity index (χ0n) is 10.4. The summed E-state index contributed by atoms with van der Waals surface area (Å²) in [6.45, 7) is 0.